The predicted octanol–water partition coefficient (Wildman–Crippen LogP) is 2.63. The summed E-state index contributed by atoms with van der Waals surface area (Å²) in [6.07, 6.45) is 1.86. The Morgan fingerprint density at radius 3 is 2.33 bits per heavy atom. The van der Waals surface area contributed by atoms with E-state index in [1.807, 2.05) is 6.26 Å². The van der Waals surface area contributed by atoms with Crippen LogP contribution in [0.2, 0.25) is 0 Å². The van der Waals surface area contributed by atoms with Crippen molar-refractivity contribution in [2.45, 2.75) is 0 Å². The molecule has 0 radical (unpaired) electrons. The van der Waals surface area contributed by atoms with Crippen molar-refractivity contribution >= 4 is 35.0 Å². The number of thioether (sulfide) groups is 1. The van der Waals surface area contributed by atoms with E-state index in [0.29, 0.717) is 4.36 Å². The number of halogens is 2. The molecule has 0 aliphatic carbocycles. The SMILES string of the molecule is CS/C(Cl)=C/Cl. The van der Waals surface area contributed by atoms with Gasteiger partial charge in [0.15, 0.2) is 0 Å². The van der Waals surface area contributed by atoms with Crippen molar-refractivity contribution in [3.63, 3.8) is 0 Å². The van der Waals surface area contributed by atoms with Crippen molar-refractivity contribution in [3.05, 3.63) is 9.90 Å². The zero-order chi connectivity index (χ0) is 4.99. The summed E-state index contributed by atoms with van der Waals surface area (Å²) >= 11 is 11.9. The Kier molecular flexibility index (Phi) is 4.28. The van der Waals surface area contributed by atoms with Crippen LogP contribution in [0.3, 0.4) is 0 Å². The topological polar surface area (TPSA) is 0 Å². The van der Waals surface area contributed by atoms with Gasteiger partial charge in [0.25, 0.3) is 0 Å². The van der Waals surface area contributed by atoms with E-state index in [4.69, 9.17) is 23.2 Å². The van der Waals surface area contributed by atoms with Gasteiger partial charge in [-0.1, -0.05) is 23.2 Å². The molecule has 0 atom stereocenters. The van der Waals surface area contributed by atoms with Gasteiger partial charge in [-0.15, -0.1) is 11.8 Å². The Hall–Kier alpha value is 0.670. The van der Waals surface area contributed by atoms with Gasteiger partial charge in [0.2, 0.25) is 0 Å². The lowest BCUT2D eigenvalue weighted by Crippen LogP contribution is -1.48. The number of hydrogen-bond donors (Lipinski definition) is 0. The minimum atomic E-state index is 0.622. The second-order valence-electron chi connectivity index (χ2n) is 0.617. The molecule has 0 unspecified atom stereocenters. The quantitative estimate of drug-likeness (QED) is 0.543. The molecule has 0 amide bonds. The van der Waals surface area contributed by atoms with Gasteiger partial charge in [0.05, 0.1) is 4.36 Å². The van der Waals surface area contributed by atoms with Gasteiger partial charge < -0.3 is 0 Å². The Balaban J connectivity index is 3.22. The predicted molar refractivity (Wildman–Crippen MR) is 33.3 cm³/mol. The molecule has 0 saturated heterocycles. The van der Waals surface area contributed by atoms with Crippen molar-refractivity contribution in [2.75, 3.05) is 6.26 Å². The van der Waals surface area contributed by atoms with E-state index in [0.717, 1.165) is 0 Å². The average Bonchev–Trinajstić information content (AvgIpc) is 1.65. The standard InChI is InChI=1S/C3H4Cl2S/c1-6-3(5)2-4/h2H,1H3/b3-2+. The maximum Gasteiger partial charge on any atom is 0.0845 e. The molecule has 0 aliphatic heterocycles. The fourth-order valence-corrected chi connectivity index (χ4v) is 0.401. The van der Waals surface area contributed by atoms with Crippen LogP contribution in [-0.2, 0) is 0 Å². The Morgan fingerprint density at radius 1 is 1.83 bits per heavy atom. The molecule has 0 nitrogen and oxygen atoms in total. The lowest BCUT2D eigenvalue weighted by atomic mass is 11.2. The molecule has 0 N–H and O–H groups in total. The van der Waals surface area contributed by atoms with E-state index in [-0.39, 0.29) is 0 Å². The zero-order valence-electron chi connectivity index (χ0n) is 3.24. The Morgan fingerprint density at radius 2 is 2.33 bits per heavy atom. The highest BCUT2D eigenvalue weighted by Gasteiger charge is 1.78. The van der Waals surface area contributed by atoms with Gasteiger partial charge in [0, 0.05) is 5.54 Å². The van der Waals surface area contributed by atoms with Crippen molar-refractivity contribution in [3.8, 4) is 0 Å². The lowest BCUT2D eigenvalue weighted by molar-refractivity contribution is 2.33. The highest BCUT2D eigenvalue weighted by Crippen LogP contribution is 2.15. The molecule has 3 heteroatoms. The van der Waals surface area contributed by atoms with E-state index in [9.17, 15) is 0 Å². The zero-order valence-corrected chi connectivity index (χ0v) is 5.57. The lowest BCUT2D eigenvalue weighted by Gasteiger charge is -1.79. The molecule has 0 aromatic carbocycles. The summed E-state index contributed by atoms with van der Waals surface area (Å²) in [5.74, 6) is 0. The molecule has 0 rings (SSSR count). The van der Waals surface area contributed by atoms with Gasteiger partial charge in [-0.2, -0.15) is 0 Å². The molecule has 0 spiro atoms. The molecule has 0 aliphatic rings. The molecule has 6 heavy (non-hydrogen) atoms. The van der Waals surface area contributed by atoms with Gasteiger partial charge in [-0.05, 0) is 6.26 Å². The first-order valence-electron chi connectivity index (χ1n) is 1.31. The monoisotopic (exact) mass is 142 g/mol. The second kappa shape index (κ2) is 3.85. The minimum absolute atomic E-state index is 0.622. The molecule has 0 heterocycles. The summed E-state index contributed by atoms with van der Waals surface area (Å²) < 4.78 is 0.622. The van der Waals surface area contributed by atoms with Gasteiger partial charge in [0.1, 0.15) is 0 Å². The molecule has 0 aromatic heterocycles. The van der Waals surface area contributed by atoms with E-state index >= 15 is 0 Å². The highest BCUT2D eigenvalue weighted by molar-refractivity contribution is 8.03. The van der Waals surface area contributed by atoms with Crippen LogP contribution in [0.4, 0.5) is 0 Å². The van der Waals surface area contributed by atoms with E-state index in [1.165, 1.54) is 17.3 Å². The summed E-state index contributed by atoms with van der Waals surface area (Å²) in [5.41, 5.74) is 1.34. The second-order valence-corrected chi connectivity index (χ2v) is 2.31. The highest BCUT2D eigenvalue weighted by atomic mass is 35.5. The van der Waals surface area contributed by atoms with Crippen molar-refractivity contribution in [1.82, 2.24) is 0 Å². The van der Waals surface area contributed by atoms with Crippen LogP contribution < -0.4 is 0 Å². The van der Waals surface area contributed by atoms with Crippen LogP contribution in [-0.4, -0.2) is 6.26 Å². The van der Waals surface area contributed by atoms with Crippen LogP contribution in [0.25, 0.3) is 0 Å². The maximum absolute atomic E-state index is 5.34. The van der Waals surface area contributed by atoms with Gasteiger partial charge in [-0.25, -0.2) is 0 Å². The van der Waals surface area contributed by atoms with E-state index in [2.05, 4.69) is 0 Å². The summed E-state index contributed by atoms with van der Waals surface area (Å²) in [6.45, 7) is 0. The first kappa shape index (κ1) is 6.67. The van der Waals surface area contributed by atoms with Crippen molar-refractivity contribution < 1.29 is 0 Å². The van der Waals surface area contributed by atoms with E-state index < -0.39 is 0 Å². The molecule has 36 valence electrons. The van der Waals surface area contributed by atoms with Crippen LogP contribution in [0.1, 0.15) is 0 Å². The maximum atomic E-state index is 5.34. The largest absolute Gasteiger partial charge is 0.117 e. The van der Waals surface area contributed by atoms with Crippen LogP contribution >= 0.6 is 35.0 Å². The normalized spacial score (nSPS) is 12.2. The molecule has 0 fully saturated rings. The third-order valence-corrected chi connectivity index (χ3v) is 1.82. The first-order chi connectivity index (χ1) is 2.81. The summed E-state index contributed by atoms with van der Waals surface area (Å²) in [4.78, 5) is 0. The fourth-order valence-electron chi connectivity index (χ4n) is 0.0445. The Bertz CT molecular complexity index is 59.8. The van der Waals surface area contributed by atoms with Gasteiger partial charge in [-0.3, -0.25) is 0 Å². The average molecular weight is 143 g/mol. The molecule has 0 bridgehead atoms. The van der Waals surface area contributed by atoms with Crippen LogP contribution in [0, 0.1) is 0 Å². The third-order valence-electron chi connectivity index (χ3n) is 0.281. The summed E-state index contributed by atoms with van der Waals surface area (Å²) in [5, 5.41) is 0. The smallest absolute Gasteiger partial charge is 0.0845 e. The minimum Gasteiger partial charge on any atom is -0.117 e. The fraction of sp³-hybridized carbons (Fsp3) is 0.333. The van der Waals surface area contributed by atoms with E-state index in [1.54, 1.807) is 0 Å². The number of rotatable bonds is 1. The summed E-state index contributed by atoms with van der Waals surface area (Å²) in [7, 11) is 0. The van der Waals surface area contributed by atoms with Crippen LogP contribution in [0.5, 0.6) is 0 Å². The molecule has 0 saturated carbocycles. The first-order valence-corrected chi connectivity index (χ1v) is 3.35. The Labute approximate surface area is 51.5 Å². The van der Waals surface area contributed by atoms with Gasteiger partial charge >= 0.3 is 0 Å². The van der Waals surface area contributed by atoms with Crippen LogP contribution in [0.15, 0.2) is 9.90 Å². The molecular formula is C3H4Cl2S. The molecule has 0 aromatic rings. The molecular weight excluding hydrogens is 139 g/mol. The van der Waals surface area contributed by atoms with Crippen molar-refractivity contribution in [2.24, 2.45) is 0 Å². The summed E-state index contributed by atoms with van der Waals surface area (Å²) in [6, 6.07) is 0. The number of hydrogen-bond acceptors (Lipinski definition) is 1. The van der Waals surface area contributed by atoms with Crippen molar-refractivity contribution in [1.29, 1.82) is 0 Å². The third kappa shape index (κ3) is 2.88.